The molecule has 6 nitrogen and oxygen atoms in total. The summed E-state index contributed by atoms with van der Waals surface area (Å²) in [6.07, 6.45) is 0. The van der Waals surface area contributed by atoms with Crippen molar-refractivity contribution in [2.24, 2.45) is 5.73 Å². The fourth-order valence-corrected chi connectivity index (χ4v) is 2.83. The van der Waals surface area contributed by atoms with Gasteiger partial charge in [-0.2, -0.15) is 0 Å². The molecule has 1 heterocycles. The fraction of sp³-hybridized carbons (Fsp3) is 0.182. The summed E-state index contributed by atoms with van der Waals surface area (Å²) in [7, 11) is 0. The Bertz CT molecular complexity index is 678. The first-order chi connectivity index (χ1) is 9.02. The highest BCUT2D eigenvalue weighted by Gasteiger charge is 2.10. The minimum absolute atomic E-state index is 0.0770. The Morgan fingerprint density at radius 2 is 2.37 bits per heavy atom. The molecule has 0 radical (unpaired) electrons. The second-order valence-electron chi connectivity index (χ2n) is 3.71. The summed E-state index contributed by atoms with van der Waals surface area (Å²) in [5.41, 5.74) is 5.64. The molecule has 0 amide bonds. The summed E-state index contributed by atoms with van der Waals surface area (Å²) < 4.78 is 1.53. The molecule has 0 aliphatic carbocycles. The molecule has 1 aromatic heterocycles. The number of benzene rings is 1. The van der Waals surface area contributed by atoms with E-state index in [1.165, 1.54) is 16.3 Å². The second-order valence-corrected chi connectivity index (χ2v) is 5.16. The van der Waals surface area contributed by atoms with Crippen LogP contribution in [0.25, 0.3) is 0 Å². The molecular formula is C11H12ClN5OS. The Kier molecular flexibility index (Phi) is 3.96. The van der Waals surface area contributed by atoms with Crippen molar-refractivity contribution in [2.75, 3.05) is 0 Å². The molecule has 0 spiro atoms. The van der Waals surface area contributed by atoms with E-state index in [0.717, 1.165) is 4.90 Å². The zero-order chi connectivity index (χ0) is 14.0. The first-order valence-electron chi connectivity index (χ1n) is 5.50. The minimum atomic E-state index is -0.239. The zero-order valence-corrected chi connectivity index (χ0v) is 11.7. The fourth-order valence-electron chi connectivity index (χ4n) is 1.54. The largest absolute Gasteiger partial charge is 0.384 e. The molecule has 0 fully saturated rings. The number of nitrogens with two attached hydrogens (primary N) is 1. The van der Waals surface area contributed by atoms with Crippen LogP contribution < -0.4 is 11.4 Å². The Morgan fingerprint density at radius 1 is 1.63 bits per heavy atom. The lowest BCUT2D eigenvalue weighted by Gasteiger charge is -2.05. The van der Waals surface area contributed by atoms with Crippen LogP contribution in [0, 0.1) is 5.41 Å². The number of hydrogen-bond donors (Lipinski definition) is 3. The molecule has 0 saturated carbocycles. The van der Waals surface area contributed by atoms with E-state index in [-0.39, 0.29) is 11.5 Å². The van der Waals surface area contributed by atoms with Gasteiger partial charge in [-0.25, -0.2) is 9.89 Å². The highest BCUT2D eigenvalue weighted by Crippen LogP contribution is 2.28. The van der Waals surface area contributed by atoms with Crippen molar-refractivity contribution >= 4 is 29.2 Å². The van der Waals surface area contributed by atoms with E-state index < -0.39 is 0 Å². The van der Waals surface area contributed by atoms with Crippen LogP contribution in [0.5, 0.6) is 0 Å². The Balaban J connectivity index is 2.31. The number of halogens is 1. The van der Waals surface area contributed by atoms with Crippen LogP contribution >= 0.6 is 23.4 Å². The van der Waals surface area contributed by atoms with E-state index in [0.29, 0.717) is 22.3 Å². The molecule has 0 unspecified atom stereocenters. The Labute approximate surface area is 118 Å². The molecule has 0 atom stereocenters. The van der Waals surface area contributed by atoms with E-state index >= 15 is 0 Å². The summed E-state index contributed by atoms with van der Waals surface area (Å²) in [4.78, 5) is 12.3. The first-order valence-corrected chi connectivity index (χ1v) is 6.69. The van der Waals surface area contributed by atoms with E-state index in [2.05, 4.69) is 10.2 Å². The highest BCUT2D eigenvalue weighted by molar-refractivity contribution is 7.99. The van der Waals surface area contributed by atoms with Crippen LogP contribution in [-0.2, 0) is 6.54 Å². The zero-order valence-electron chi connectivity index (χ0n) is 10.1. The molecule has 2 aromatic rings. The van der Waals surface area contributed by atoms with Crippen LogP contribution in [0.3, 0.4) is 0 Å². The molecule has 19 heavy (non-hydrogen) atoms. The number of aromatic amines is 1. The van der Waals surface area contributed by atoms with E-state index in [1.54, 1.807) is 18.2 Å². The normalized spacial score (nSPS) is 10.6. The number of H-pyrrole nitrogens is 1. The van der Waals surface area contributed by atoms with Gasteiger partial charge in [-0.05, 0) is 36.9 Å². The molecule has 0 aliphatic heterocycles. The Morgan fingerprint density at radius 3 is 2.95 bits per heavy atom. The SMILES string of the molecule is CCn1c(Sc2ccc(C(=N)N)c(Cl)c2)n[nH]c1=O. The lowest BCUT2D eigenvalue weighted by atomic mass is 10.2. The standard InChI is InChI=1S/C11H12ClN5OS/c1-2-17-10(18)15-16-11(17)19-6-3-4-7(9(13)14)8(12)5-6/h3-5H,2H2,1H3,(H3,13,14)(H,15,18). The molecule has 2 rings (SSSR count). The van der Waals surface area contributed by atoms with Crippen molar-refractivity contribution in [2.45, 2.75) is 23.5 Å². The lowest BCUT2D eigenvalue weighted by molar-refractivity contribution is 0.660. The van der Waals surface area contributed by atoms with Crippen LogP contribution in [0.15, 0.2) is 33.0 Å². The summed E-state index contributed by atoms with van der Waals surface area (Å²) in [6, 6.07) is 5.16. The number of nitrogens with one attached hydrogen (secondary N) is 2. The molecular weight excluding hydrogens is 286 g/mol. The van der Waals surface area contributed by atoms with Crippen molar-refractivity contribution in [1.82, 2.24) is 14.8 Å². The molecule has 0 aliphatic rings. The van der Waals surface area contributed by atoms with Gasteiger partial charge in [0.25, 0.3) is 0 Å². The molecule has 1 aromatic carbocycles. The van der Waals surface area contributed by atoms with Gasteiger partial charge in [-0.1, -0.05) is 11.6 Å². The average molecular weight is 298 g/mol. The van der Waals surface area contributed by atoms with Gasteiger partial charge in [0.1, 0.15) is 5.84 Å². The summed E-state index contributed by atoms with van der Waals surface area (Å²) in [5, 5.41) is 14.7. The predicted molar refractivity (Wildman–Crippen MR) is 75.1 cm³/mol. The Hall–Kier alpha value is -1.73. The first kappa shape index (κ1) is 13.7. The predicted octanol–water partition coefficient (Wildman–Crippen LogP) is 1.68. The smallest absolute Gasteiger partial charge is 0.343 e. The van der Waals surface area contributed by atoms with Crippen LogP contribution in [-0.4, -0.2) is 20.6 Å². The topological polar surface area (TPSA) is 101 Å². The number of nitrogen functional groups attached to an aromatic ring is 1. The van der Waals surface area contributed by atoms with Gasteiger partial charge in [-0.3, -0.25) is 9.98 Å². The maximum absolute atomic E-state index is 11.4. The van der Waals surface area contributed by atoms with Gasteiger partial charge >= 0.3 is 5.69 Å². The quantitative estimate of drug-likeness (QED) is 0.590. The van der Waals surface area contributed by atoms with Gasteiger partial charge in [0.05, 0.1) is 5.02 Å². The second kappa shape index (κ2) is 5.50. The average Bonchev–Trinajstić information content (AvgIpc) is 2.69. The summed E-state index contributed by atoms with van der Waals surface area (Å²) >= 11 is 7.36. The van der Waals surface area contributed by atoms with Crippen molar-refractivity contribution in [3.63, 3.8) is 0 Å². The van der Waals surface area contributed by atoms with Crippen molar-refractivity contribution in [3.8, 4) is 0 Å². The molecule has 0 saturated heterocycles. The third-order valence-corrected chi connectivity index (χ3v) is 3.78. The van der Waals surface area contributed by atoms with Crippen LogP contribution in [0.1, 0.15) is 12.5 Å². The van der Waals surface area contributed by atoms with Crippen molar-refractivity contribution in [1.29, 1.82) is 5.41 Å². The van der Waals surface area contributed by atoms with Gasteiger partial charge < -0.3 is 5.73 Å². The molecule has 4 N–H and O–H groups in total. The van der Waals surface area contributed by atoms with Crippen molar-refractivity contribution in [3.05, 3.63) is 39.3 Å². The third kappa shape index (κ3) is 2.82. The maximum atomic E-state index is 11.4. The van der Waals surface area contributed by atoms with Gasteiger partial charge in [0.2, 0.25) is 0 Å². The summed E-state index contributed by atoms with van der Waals surface area (Å²) in [5.74, 6) is -0.0770. The molecule has 8 heteroatoms. The number of aromatic nitrogens is 3. The number of nitrogens with zero attached hydrogens (tertiary/aromatic N) is 2. The maximum Gasteiger partial charge on any atom is 0.343 e. The number of hydrogen-bond acceptors (Lipinski definition) is 4. The summed E-state index contributed by atoms with van der Waals surface area (Å²) in [6.45, 7) is 2.41. The number of rotatable bonds is 4. The van der Waals surface area contributed by atoms with Gasteiger partial charge in [-0.15, -0.1) is 5.10 Å². The van der Waals surface area contributed by atoms with Crippen LogP contribution in [0.2, 0.25) is 5.02 Å². The lowest BCUT2D eigenvalue weighted by Crippen LogP contribution is -2.16. The van der Waals surface area contributed by atoms with Crippen LogP contribution in [0.4, 0.5) is 0 Å². The van der Waals surface area contributed by atoms with E-state index in [4.69, 9.17) is 22.7 Å². The molecule has 100 valence electrons. The van der Waals surface area contributed by atoms with Crippen molar-refractivity contribution < 1.29 is 0 Å². The van der Waals surface area contributed by atoms with Gasteiger partial charge in [0, 0.05) is 17.0 Å². The monoisotopic (exact) mass is 297 g/mol. The third-order valence-electron chi connectivity index (χ3n) is 2.48. The van der Waals surface area contributed by atoms with E-state index in [9.17, 15) is 4.79 Å². The van der Waals surface area contributed by atoms with E-state index in [1.807, 2.05) is 6.92 Å². The minimum Gasteiger partial charge on any atom is -0.384 e. The number of amidine groups is 1. The van der Waals surface area contributed by atoms with Gasteiger partial charge in [0.15, 0.2) is 5.16 Å². The molecule has 0 bridgehead atoms. The highest BCUT2D eigenvalue weighted by atomic mass is 35.5.